The van der Waals surface area contributed by atoms with Gasteiger partial charge in [0, 0.05) is 5.92 Å². The van der Waals surface area contributed by atoms with Crippen molar-refractivity contribution in [1.29, 1.82) is 0 Å². The molecule has 1 aromatic carbocycles. The molecular weight excluding hydrogens is 362 g/mol. The lowest BCUT2D eigenvalue weighted by atomic mass is 9.95. The smallest absolute Gasteiger partial charge is 0.266 e. The maximum Gasteiger partial charge on any atom is 0.266 e. The van der Waals surface area contributed by atoms with Gasteiger partial charge in [0.15, 0.2) is 0 Å². The number of primary amides is 1. The Kier molecular flexibility index (Phi) is 6.38. The van der Waals surface area contributed by atoms with Crippen LogP contribution in [0.2, 0.25) is 0 Å². The number of carbonyl (C=O) groups is 1. The minimum absolute atomic E-state index is 0.166. The molecule has 1 aliphatic rings. The first kappa shape index (κ1) is 19.6. The van der Waals surface area contributed by atoms with E-state index in [1.165, 1.54) is 24.3 Å². The number of amides is 1. The number of sulfone groups is 1. The van der Waals surface area contributed by atoms with Crippen molar-refractivity contribution in [2.45, 2.75) is 29.6 Å². The van der Waals surface area contributed by atoms with E-state index in [-0.39, 0.29) is 11.5 Å². The van der Waals surface area contributed by atoms with Crippen molar-refractivity contribution in [3.05, 3.63) is 24.3 Å². The Labute approximate surface area is 152 Å². The number of hydrogen-bond donors (Lipinski definition) is 2. The molecule has 0 bridgehead atoms. The Bertz CT molecular complexity index is 773. The minimum Gasteiger partial charge on any atom is -0.481 e. The fraction of sp³-hybridized carbons (Fsp3) is 0.471. The molecule has 1 atom stereocenters. The molecule has 1 aromatic rings. The van der Waals surface area contributed by atoms with Gasteiger partial charge in [-0.2, -0.15) is 11.8 Å². The van der Waals surface area contributed by atoms with E-state index in [4.69, 9.17) is 10.5 Å². The highest BCUT2D eigenvalue weighted by molar-refractivity contribution is 7.99. The number of thioether (sulfide) groups is 1. The molecule has 6 nitrogen and oxygen atoms in total. The summed E-state index contributed by atoms with van der Waals surface area (Å²) in [7, 11) is -4.35. The maximum absolute atomic E-state index is 12.9. The zero-order chi connectivity index (χ0) is 18.5. The van der Waals surface area contributed by atoms with Crippen molar-refractivity contribution in [2.24, 2.45) is 11.7 Å². The van der Waals surface area contributed by atoms with Crippen LogP contribution in [0.4, 0.5) is 0 Å². The first-order valence-electron chi connectivity index (χ1n) is 7.81. The Morgan fingerprint density at radius 2 is 1.96 bits per heavy atom. The third-order valence-corrected chi connectivity index (χ3v) is 7.45. The summed E-state index contributed by atoms with van der Waals surface area (Å²) in [4.78, 5) is 9.16. The van der Waals surface area contributed by atoms with E-state index in [1.807, 2.05) is 0 Å². The quantitative estimate of drug-likeness (QED) is 0.715. The van der Waals surface area contributed by atoms with Crippen LogP contribution in [0.5, 0.6) is 5.75 Å². The van der Waals surface area contributed by atoms with E-state index >= 15 is 0 Å². The van der Waals surface area contributed by atoms with Crippen molar-refractivity contribution >= 4 is 27.5 Å². The molecule has 1 aliphatic heterocycles. The van der Waals surface area contributed by atoms with Gasteiger partial charge in [0.2, 0.25) is 9.84 Å². The molecule has 25 heavy (non-hydrogen) atoms. The zero-order valence-electron chi connectivity index (χ0n) is 13.9. The van der Waals surface area contributed by atoms with Crippen LogP contribution >= 0.6 is 11.8 Å². The summed E-state index contributed by atoms with van der Waals surface area (Å²) in [5.74, 6) is 5.27. The molecule has 0 radical (unpaired) electrons. The third kappa shape index (κ3) is 3.94. The summed E-state index contributed by atoms with van der Waals surface area (Å²) in [5.41, 5.74) is 5.32. The van der Waals surface area contributed by atoms with E-state index in [0.29, 0.717) is 30.1 Å². The van der Waals surface area contributed by atoms with Gasteiger partial charge in [0.1, 0.15) is 12.4 Å². The summed E-state index contributed by atoms with van der Waals surface area (Å²) in [5, 5.41) is 10.8. The third-order valence-electron chi connectivity index (χ3n) is 4.16. The molecular formula is C17H21NO5S2. The lowest BCUT2D eigenvalue weighted by molar-refractivity contribution is -0.132. The van der Waals surface area contributed by atoms with Crippen LogP contribution in [0, 0.1) is 17.8 Å². The van der Waals surface area contributed by atoms with Crippen LogP contribution < -0.4 is 10.5 Å². The molecule has 1 saturated heterocycles. The fourth-order valence-corrected chi connectivity index (χ4v) is 5.63. The number of carbonyl (C=O) groups excluding carboxylic acids is 1. The van der Waals surface area contributed by atoms with Gasteiger partial charge in [0.05, 0.1) is 4.90 Å². The number of rotatable bonds is 6. The standard InChI is InChI=1S/C17H21NO5S2/c1-2-3-10-23-14-4-6-15(7-5-14)25(21,22)17(20,16(18)19)13-8-11-24-12-9-13/h4-7,13,20H,8-12H2,1H3,(H2,18,19). The van der Waals surface area contributed by atoms with Crippen molar-refractivity contribution in [3.8, 4) is 17.6 Å². The summed E-state index contributed by atoms with van der Waals surface area (Å²) >= 11 is 1.66. The number of benzene rings is 1. The monoisotopic (exact) mass is 383 g/mol. The summed E-state index contributed by atoms with van der Waals surface area (Å²) < 4.78 is 31.2. The molecule has 8 heteroatoms. The second kappa shape index (κ2) is 8.13. The Balaban J connectivity index is 2.33. The highest BCUT2D eigenvalue weighted by atomic mass is 32.2. The second-order valence-corrected chi connectivity index (χ2v) is 8.96. The molecule has 136 valence electrons. The van der Waals surface area contributed by atoms with Crippen molar-refractivity contribution in [1.82, 2.24) is 0 Å². The topological polar surface area (TPSA) is 107 Å². The first-order chi connectivity index (χ1) is 11.8. The predicted octanol–water partition coefficient (Wildman–Crippen LogP) is 1.18. The molecule has 0 aliphatic carbocycles. The SMILES string of the molecule is CC#CCOc1ccc(S(=O)(=O)C(O)(C(N)=O)C2CCSCC2)cc1. The van der Waals surface area contributed by atoms with Gasteiger partial charge in [-0.15, -0.1) is 5.92 Å². The van der Waals surface area contributed by atoms with Gasteiger partial charge in [-0.3, -0.25) is 4.79 Å². The molecule has 3 N–H and O–H groups in total. The highest BCUT2D eigenvalue weighted by Gasteiger charge is 2.54. The van der Waals surface area contributed by atoms with Gasteiger partial charge in [-0.25, -0.2) is 8.42 Å². The second-order valence-electron chi connectivity index (χ2n) is 5.64. The number of aliphatic hydroxyl groups is 1. The van der Waals surface area contributed by atoms with Crippen LogP contribution in [0.1, 0.15) is 19.8 Å². The van der Waals surface area contributed by atoms with Gasteiger partial charge in [-0.05, 0) is 55.5 Å². The van der Waals surface area contributed by atoms with E-state index in [1.54, 1.807) is 18.7 Å². The van der Waals surface area contributed by atoms with Crippen molar-refractivity contribution in [3.63, 3.8) is 0 Å². The normalized spacial score (nSPS) is 17.8. The van der Waals surface area contributed by atoms with Gasteiger partial charge in [0.25, 0.3) is 10.8 Å². The van der Waals surface area contributed by atoms with Crippen molar-refractivity contribution in [2.75, 3.05) is 18.1 Å². The zero-order valence-corrected chi connectivity index (χ0v) is 15.5. The summed E-state index contributed by atoms with van der Waals surface area (Å²) in [6.45, 7) is 1.88. The van der Waals surface area contributed by atoms with Crippen molar-refractivity contribution < 1.29 is 23.1 Å². The number of nitrogens with two attached hydrogens (primary N) is 1. The Morgan fingerprint density at radius 1 is 1.36 bits per heavy atom. The fourth-order valence-electron chi connectivity index (χ4n) is 2.73. The van der Waals surface area contributed by atoms with Gasteiger partial charge in [-0.1, -0.05) is 5.92 Å². The molecule has 0 spiro atoms. The predicted molar refractivity (Wildman–Crippen MR) is 96.8 cm³/mol. The van der Waals surface area contributed by atoms with E-state index in [2.05, 4.69) is 11.8 Å². The van der Waals surface area contributed by atoms with Gasteiger partial charge < -0.3 is 15.6 Å². The van der Waals surface area contributed by atoms with Crippen LogP contribution in [0.15, 0.2) is 29.2 Å². The molecule has 1 amide bonds. The Hall–Kier alpha value is -1.69. The van der Waals surface area contributed by atoms with Crippen LogP contribution in [0.25, 0.3) is 0 Å². The average Bonchev–Trinajstić information content (AvgIpc) is 2.62. The molecule has 0 aromatic heterocycles. The molecule has 0 saturated carbocycles. The maximum atomic E-state index is 12.9. The lowest BCUT2D eigenvalue weighted by Crippen LogP contribution is -2.56. The summed E-state index contributed by atoms with van der Waals surface area (Å²) in [6.07, 6.45) is 0.834. The van der Waals surface area contributed by atoms with E-state index < -0.39 is 26.6 Å². The number of hydrogen-bond acceptors (Lipinski definition) is 6. The molecule has 2 rings (SSSR count). The molecule has 1 unspecified atom stereocenters. The largest absolute Gasteiger partial charge is 0.481 e. The molecule has 1 fully saturated rings. The van der Waals surface area contributed by atoms with Crippen LogP contribution in [-0.4, -0.2) is 42.5 Å². The minimum atomic E-state index is -4.35. The van der Waals surface area contributed by atoms with Crippen LogP contribution in [-0.2, 0) is 14.6 Å². The lowest BCUT2D eigenvalue weighted by Gasteiger charge is -2.35. The van der Waals surface area contributed by atoms with Crippen LogP contribution in [0.3, 0.4) is 0 Å². The van der Waals surface area contributed by atoms with Gasteiger partial charge >= 0.3 is 0 Å². The highest BCUT2D eigenvalue weighted by Crippen LogP contribution is 2.38. The van der Waals surface area contributed by atoms with E-state index in [9.17, 15) is 18.3 Å². The van der Waals surface area contributed by atoms with E-state index in [0.717, 1.165) is 0 Å². The average molecular weight is 383 g/mol. The molecule has 1 heterocycles. The Morgan fingerprint density at radius 3 is 2.48 bits per heavy atom. The number of ether oxygens (including phenoxy) is 1. The first-order valence-corrected chi connectivity index (χ1v) is 10.4. The summed E-state index contributed by atoms with van der Waals surface area (Å²) in [6, 6.07) is 5.52.